The number of carbonyl (C=O) groups is 1. The average Bonchev–Trinajstić information content (AvgIpc) is 2.16. The SMILES string of the molecule is CC(C)(C)ON1CCC(C=O)CC1=C=O. The predicted molar refractivity (Wildman–Crippen MR) is 55.5 cm³/mol. The zero-order chi connectivity index (χ0) is 11.5. The van der Waals surface area contributed by atoms with E-state index in [2.05, 4.69) is 0 Å². The predicted octanol–water partition coefficient (Wildman–Crippen LogP) is 1.34. The van der Waals surface area contributed by atoms with Crippen LogP contribution in [0.15, 0.2) is 5.70 Å². The van der Waals surface area contributed by atoms with Crippen molar-refractivity contribution in [2.24, 2.45) is 5.92 Å². The highest BCUT2D eigenvalue weighted by Gasteiger charge is 2.27. The fourth-order valence-electron chi connectivity index (χ4n) is 1.51. The monoisotopic (exact) mass is 211 g/mol. The van der Waals surface area contributed by atoms with Crippen molar-refractivity contribution in [2.75, 3.05) is 6.54 Å². The summed E-state index contributed by atoms with van der Waals surface area (Å²) in [5.74, 6) is 1.78. The summed E-state index contributed by atoms with van der Waals surface area (Å²) in [5, 5.41) is 1.56. The van der Waals surface area contributed by atoms with Crippen LogP contribution in [0.2, 0.25) is 0 Å². The van der Waals surface area contributed by atoms with E-state index < -0.39 is 0 Å². The van der Waals surface area contributed by atoms with Gasteiger partial charge in [0, 0.05) is 18.9 Å². The molecule has 0 radical (unpaired) electrons. The van der Waals surface area contributed by atoms with Crippen LogP contribution in [-0.2, 0) is 14.4 Å². The molecule has 0 aromatic rings. The molecule has 1 atom stereocenters. The van der Waals surface area contributed by atoms with Crippen LogP contribution < -0.4 is 0 Å². The van der Waals surface area contributed by atoms with Crippen molar-refractivity contribution < 1.29 is 14.4 Å². The van der Waals surface area contributed by atoms with Gasteiger partial charge >= 0.3 is 0 Å². The highest BCUT2D eigenvalue weighted by molar-refractivity contribution is 5.58. The summed E-state index contributed by atoms with van der Waals surface area (Å²) in [5.41, 5.74) is 0.101. The summed E-state index contributed by atoms with van der Waals surface area (Å²) in [6.07, 6.45) is 2.06. The van der Waals surface area contributed by atoms with Gasteiger partial charge in [0.2, 0.25) is 0 Å². The van der Waals surface area contributed by atoms with Crippen molar-refractivity contribution in [2.45, 2.75) is 39.2 Å². The third-order valence-electron chi connectivity index (χ3n) is 2.15. The highest BCUT2D eigenvalue weighted by Crippen LogP contribution is 2.25. The summed E-state index contributed by atoms with van der Waals surface area (Å²) in [7, 11) is 0. The molecule has 1 fully saturated rings. The molecule has 15 heavy (non-hydrogen) atoms. The molecule has 4 heteroatoms. The quantitative estimate of drug-likeness (QED) is 0.511. The molecule has 0 aromatic carbocycles. The summed E-state index contributed by atoms with van der Waals surface area (Å²) in [4.78, 5) is 26.9. The standard InChI is InChI=1S/C11H17NO3/c1-11(2,3)15-12-5-4-9(7-13)6-10(12)8-14/h7,9H,4-6H2,1-3H3. The minimum absolute atomic E-state index is 0.0683. The normalized spacial score (nSPS) is 22.5. The Morgan fingerprint density at radius 2 is 2.20 bits per heavy atom. The minimum Gasteiger partial charge on any atom is -0.303 e. The fourth-order valence-corrected chi connectivity index (χ4v) is 1.51. The third kappa shape index (κ3) is 3.50. The molecule has 1 aliphatic heterocycles. The van der Waals surface area contributed by atoms with Gasteiger partial charge in [0.05, 0.1) is 5.60 Å². The zero-order valence-corrected chi connectivity index (χ0v) is 9.45. The molecule has 0 spiro atoms. The molecular formula is C11H17NO3. The molecule has 1 rings (SSSR count). The smallest absolute Gasteiger partial charge is 0.148 e. The number of piperidine rings is 1. The van der Waals surface area contributed by atoms with E-state index in [-0.39, 0.29) is 11.5 Å². The number of nitrogens with zero attached hydrogens (tertiary/aromatic N) is 1. The van der Waals surface area contributed by atoms with Gasteiger partial charge in [0.1, 0.15) is 17.9 Å². The van der Waals surface area contributed by atoms with Gasteiger partial charge in [0.25, 0.3) is 0 Å². The molecule has 0 N–H and O–H groups in total. The van der Waals surface area contributed by atoms with Crippen LogP contribution >= 0.6 is 0 Å². The fraction of sp³-hybridized carbons (Fsp3) is 0.727. The van der Waals surface area contributed by atoms with Crippen molar-refractivity contribution in [3.05, 3.63) is 5.70 Å². The molecular weight excluding hydrogens is 194 g/mol. The Morgan fingerprint density at radius 3 is 2.67 bits per heavy atom. The summed E-state index contributed by atoms with van der Waals surface area (Å²) in [6, 6.07) is 0. The van der Waals surface area contributed by atoms with E-state index in [0.29, 0.717) is 18.7 Å². The second kappa shape index (κ2) is 4.60. The summed E-state index contributed by atoms with van der Waals surface area (Å²) >= 11 is 0. The number of hydrogen-bond donors (Lipinski definition) is 0. The van der Waals surface area contributed by atoms with Gasteiger partial charge in [-0.15, -0.1) is 0 Å². The Labute approximate surface area is 89.8 Å². The van der Waals surface area contributed by atoms with Gasteiger partial charge in [-0.05, 0) is 27.2 Å². The van der Waals surface area contributed by atoms with Crippen molar-refractivity contribution in [3.63, 3.8) is 0 Å². The average molecular weight is 211 g/mol. The number of hydroxylamine groups is 2. The van der Waals surface area contributed by atoms with Crippen molar-refractivity contribution >= 4 is 12.2 Å². The Kier molecular flexibility index (Phi) is 3.66. The lowest BCUT2D eigenvalue weighted by Gasteiger charge is -2.35. The van der Waals surface area contributed by atoms with E-state index in [0.717, 1.165) is 12.7 Å². The second-order valence-electron chi connectivity index (χ2n) is 4.74. The van der Waals surface area contributed by atoms with Crippen LogP contribution in [0.4, 0.5) is 0 Å². The van der Waals surface area contributed by atoms with Gasteiger partial charge < -0.3 is 4.79 Å². The molecule has 0 saturated carbocycles. The minimum atomic E-state index is -0.337. The number of carbonyl (C=O) groups excluding carboxylic acids is 2. The molecule has 0 aliphatic carbocycles. The van der Waals surface area contributed by atoms with Crippen LogP contribution in [0, 0.1) is 5.92 Å². The van der Waals surface area contributed by atoms with Crippen LogP contribution in [-0.4, -0.2) is 29.4 Å². The zero-order valence-electron chi connectivity index (χ0n) is 9.45. The number of allylic oxidation sites excluding steroid dienone is 1. The molecule has 1 saturated heterocycles. The van der Waals surface area contributed by atoms with Crippen molar-refractivity contribution in [1.29, 1.82) is 0 Å². The molecule has 1 heterocycles. The Hall–Kier alpha value is -1.12. The maximum Gasteiger partial charge on any atom is 0.148 e. The van der Waals surface area contributed by atoms with Crippen molar-refractivity contribution in [1.82, 2.24) is 5.06 Å². The number of aldehydes is 1. The largest absolute Gasteiger partial charge is 0.303 e. The highest BCUT2D eigenvalue weighted by atomic mass is 16.7. The molecule has 1 unspecified atom stereocenters. The lowest BCUT2D eigenvalue weighted by molar-refractivity contribution is -0.214. The maximum atomic E-state index is 10.7. The van der Waals surface area contributed by atoms with E-state index in [1.165, 1.54) is 0 Å². The Balaban J connectivity index is 2.68. The molecule has 4 nitrogen and oxygen atoms in total. The van der Waals surface area contributed by atoms with Crippen LogP contribution in [0.1, 0.15) is 33.6 Å². The van der Waals surface area contributed by atoms with Gasteiger partial charge in [0.15, 0.2) is 0 Å². The molecule has 0 bridgehead atoms. The van der Waals surface area contributed by atoms with E-state index >= 15 is 0 Å². The van der Waals surface area contributed by atoms with Gasteiger partial charge in [-0.2, -0.15) is 0 Å². The maximum absolute atomic E-state index is 10.7. The van der Waals surface area contributed by atoms with E-state index in [1.54, 1.807) is 5.06 Å². The van der Waals surface area contributed by atoms with Gasteiger partial charge in [-0.1, -0.05) is 0 Å². The van der Waals surface area contributed by atoms with E-state index in [4.69, 9.17) is 4.84 Å². The lowest BCUT2D eigenvalue weighted by atomic mass is 9.97. The first kappa shape index (κ1) is 12.0. The summed E-state index contributed by atoms with van der Waals surface area (Å²) < 4.78 is 0. The Morgan fingerprint density at radius 1 is 1.53 bits per heavy atom. The first-order chi connectivity index (χ1) is 6.96. The molecule has 0 amide bonds. The van der Waals surface area contributed by atoms with Crippen LogP contribution in [0.5, 0.6) is 0 Å². The summed E-state index contributed by atoms with van der Waals surface area (Å²) in [6.45, 7) is 6.33. The van der Waals surface area contributed by atoms with Gasteiger partial charge in [-0.3, -0.25) is 4.84 Å². The molecule has 0 aromatic heterocycles. The second-order valence-corrected chi connectivity index (χ2v) is 4.74. The van der Waals surface area contributed by atoms with Gasteiger partial charge in [-0.25, -0.2) is 9.86 Å². The van der Waals surface area contributed by atoms with Crippen LogP contribution in [0.25, 0.3) is 0 Å². The molecule has 84 valence electrons. The number of hydrogen-bond acceptors (Lipinski definition) is 4. The first-order valence-electron chi connectivity index (χ1n) is 5.12. The first-order valence-corrected chi connectivity index (χ1v) is 5.12. The van der Waals surface area contributed by atoms with Crippen molar-refractivity contribution in [3.8, 4) is 0 Å². The van der Waals surface area contributed by atoms with E-state index in [9.17, 15) is 9.59 Å². The number of rotatable bonds is 2. The lowest BCUT2D eigenvalue weighted by Crippen LogP contribution is -2.38. The van der Waals surface area contributed by atoms with E-state index in [1.807, 2.05) is 26.7 Å². The topological polar surface area (TPSA) is 46.6 Å². The third-order valence-corrected chi connectivity index (χ3v) is 2.15. The molecule has 1 aliphatic rings. The van der Waals surface area contributed by atoms with Crippen LogP contribution in [0.3, 0.4) is 0 Å². The Bertz CT molecular complexity index is 287.